The summed E-state index contributed by atoms with van der Waals surface area (Å²) in [6.45, 7) is 1.58. The molecule has 29 heavy (non-hydrogen) atoms. The molecular weight excluding hydrogens is 396 g/mol. The molecule has 3 aromatic rings. The molecule has 0 aliphatic heterocycles. The summed E-state index contributed by atoms with van der Waals surface area (Å²) in [4.78, 5) is 26.7. The van der Waals surface area contributed by atoms with Crippen LogP contribution < -0.4 is 10.0 Å². The van der Waals surface area contributed by atoms with Crippen LogP contribution in [0.5, 0.6) is 0 Å². The van der Waals surface area contributed by atoms with Crippen LogP contribution in [-0.4, -0.2) is 24.2 Å². The Morgan fingerprint density at radius 2 is 1.79 bits per heavy atom. The molecule has 0 fully saturated rings. The summed E-state index contributed by atoms with van der Waals surface area (Å²) in [5.74, 6) is -0.544. The van der Waals surface area contributed by atoms with Crippen molar-refractivity contribution in [2.45, 2.75) is 11.8 Å². The highest BCUT2D eigenvalue weighted by Gasteiger charge is 2.17. The lowest BCUT2D eigenvalue weighted by molar-refractivity contribution is -0.385. The molecule has 9 nitrogen and oxygen atoms in total. The van der Waals surface area contributed by atoms with Crippen LogP contribution in [0.1, 0.15) is 15.9 Å². The van der Waals surface area contributed by atoms with Crippen molar-refractivity contribution in [3.05, 3.63) is 88.2 Å². The van der Waals surface area contributed by atoms with E-state index < -0.39 is 20.9 Å². The first kappa shape index (κ1) is 20.0. The number of nitrogens with one attached hydrogen (secondary N) is 2. The fourth-order valence-electron chi connectivity index (χ4n) is 2.51. The van der Waals surface area contributed by atoms with Crippen molar-refractivity contribution in [2.24, 2.45) is 0 Å². The summed E-state index contributed by atoms with van der Waals surface area (Å²) in [5.41, 5.74) is 1.09. The maximum Gasteiger partial charge on any atom is 0.273 e. The lowest BCUT2D eigenvalue weighted by atomic mass is 10.1. The van der Waals surface area contributed by atoms with Crippen LogP contribution in [0.4, 0.5) is 17.1 Å². The van der Waals surface area contributed by atoms with Crippen LogP contribution in [0.25, 0.3) is 0 Å². The number of anilines is 2. The number of pyridine rings is 1. The zero-order valence-electron chi connectivity index (χ0n) is 15.2. The van der Waals surface area contributed by atoms with E-state index in [-0.39, 0.29) is 16.1 Å². The first-order chi connectivity index (χ1) is 13.8. The normalized spacial score (nSPS) is 10.9. The molecule has 2 aromatic carbocycles. The number of aryl methyl sites for hydroxylation is 1. The summed E-state index contributed by atoms with van der Waals surface area (Å²) in [5, 5.41) is 13.6. The Hall–Kier alpha value is -3.79. The molecule has 0 saturated heterocycles. The molecule has 1 amide bonds. The average molecular weight is 412 g/mol. The number of nitrogens with zero attached hydrogens (tertiary/aromatic N) is 2. The standard InChI is InChI=1S/C19H16N4O5S/c1-13-4-5-14(11-18(13)23(25)26)19(24)21-15-6-8-17(9-7-15)29(27,28)22-16-3-2-10-20-12-16/h2-12,22H,1H3,(H,21,24). The van der Waals surface area contributed by atoms with Crippen molar-refractivity contribution in [3.8, 4) is 0 Å². The number of aromatic nitrogens is 1. The Balaban J connectivity index is 1.74. The maximum atomic E-state index is 12.4. The Morgan fingerprint density at radius 3 is 2.41 bits per heavy atom. The fourth-order valence-corrected chi connectivity index (χ4v) is 3.55. The number of benzene rings is 2. The molecule has 3 rings (SSSR count). The van der Waals surface area contributed by atoms with Crippen molar-refractivity contribution in [1.82, 2.24) is 4.98 Å². The number of nitro groups is 1. The van der Waals surface area contributed by atoms with Crippen LogP contribution in [-0.2, 0) is 10.0 Å². The van der Waals surface area contributed by atoms with E-state index >= 15 is 0 Å². The second kappa shape index (κ2) is 8.07. The molecule has 2 N–H and O–H groups in total. The van der Waals surface area contributed by atoms with Gasteiger partial charge in [0.05, 0.1) is 21.7 Å². The van der Waals surface area contributed by atoms with Crippen LogP contribution in [0, 0.1) is 17.0 Å². The van der Waals surface area contributed by atoms with E-state index in [2.05, 4.69) is 15.0 Å². The van der Waals surface area contributed by atoms with E-state index in [0.717, 1.165) is 0 Å². The Morgan fingerprint density at radius 1 is 1.07 bits per heavy atom. The number of carbonyl (C=O) groups excluding carboxylic acids is 1. The average Bonchev–Trinajstić information content (AvgIpc) is 2.69. The van der Waals surface area contributed by atoms with Crippen molar-refractivity contribution in [2.75, 3.05) is 10.0 Å². The molecule has 0 atom stereocenters. The first-order valence-corrected chi connectivity index (χ1v) is 9.84. The number of sulfonamides is 1. The Kier molecular flexibility index (Phi) is 5.55. The molecule has 0 aliphatic carbocycles. The summed E-state index contributed by atoms with van der Waals surface area (Å²) in [6, 6.07) is 12.9. The van der Waals surface area contributed by atoms with Gasteiger partial charge in [-0.05, 0) is 49.4 Å². The van der Waals surface area contributed by atoms with E-state index in [9.17, 15) is 23.3 Å². The van der Waals surface area contributed by atoms with Gasteiger partial charge in [0.15, 0.2) is 0 Å². The highest BCUT2D eigenvalue weighted by Crippen LogP contribution is 2.21. The molecular formula is C19H16N4O5S. The van der Waals surface area contributed by atoms with Crippen LogP contribution in [0.2, 0.25) is 0 Å². The van der Waals surface area contributed by atoms with E-state index in [1.165, 1.54) is 54.9 Å². The predicted molar refractivity (Wildman–Crippen MR) is 107 cm³/mol. The van der Waals surface area contributed by atoms with Crippen LogP contribution in [0.15, 0.2) is 71.9 Å². The van der Waals surface area contributed by atoms with Gasteiger partial charge in [0.1, 0.15) is 0 Å². The van der Waals surface area contributed by atoms with E-state index in [1.54, 1.807) is 19.1 Å². The van der Waals surface area contributed by atoms with Crippen molar-refractivity contribution >= 4 is 33.0 Å². The third kappa shape index (κ3) is 4.74. The highest BCUT2D eigenvalue weighted by atomic mass is 32.2. The molecule has 0 unspecified atom stereocenters. The van der Waals surface area contributed by atoms with Gasteiger partial charge < -0.3 is 5.32 Å². The second-order valence-electron chi connectivity index (χ2n) is 6.08. The number of hydrogen-bond acceptors (Lipinski definition) is 6. The van der Waals surface area contributed by atoms with Gasteiger partial charge >= 0.3 is 0 Å². The largest absolute Gasteiger partial charge is 0.322 e. The fraction of sp³-hybridized carbons (Fsp3) is 0.0526. The second-order valence-corrected chi connectivity index (χ2v) is 7.77. The number of rotatable bonds is 6. The summed E-state index contributed by atoms with van der Waals surface area (Å²) in [7, 11) is -3.81. The third-order valence-corrected chi connectivity index (χ3v) is 5.40. The number of nitro benzene ring substituents is 1. The highest BCUT2D eigenvalue weighted by molar-refractivity contribution is 7.92. The number of amides is 1. The van der Waals surface area contributed by atoms with Gasteiger partial charge in [0.2, 0.25) is 0 Å². The van der Waals surface area contributed by atoms with E-state index in [1.807, 2.05) is 0 Å². The number of carbonyl (C=O) groups is 1. The molecule has 0 aliphatic rings. The van der Waals surface area contributed by atoms with Gasteiger partial charge in [-0.15, -0.1) is 0 Å². The Labute approximate surface area is 166 Å². The molecule has 0 radical (unpaired) electrons. The van der Waals surface area contributed by atoms with Crippen molar-refractivity contribution in [3.63, 3.8) is 0 Å². The zero-order valence-corrected chi connectivity index (χ0v) is 16.0. The molecule has 10 heteroatoms. The minimum atomic E-state index is -3.81. The third-order valence-electron chi connectivity index (χ3n) is 4.00. The molecule has 0 spiro atoms. The minimum Gasteiger partial charge on any atom is -0.322 e. The zero-order chi connectivity index (χ0) is 21.0. The lowest BCUT2D eigenvalue weighted by Gasteiger charge is -2.09. The molecule has 1 heterocycles. The quantitative estimate of drug-likeness (QED) is 0.471. The topological polar surface area (TPSA) is 131 Å². The van der Waals surface area contributed by atoms with Gasteiger partial charge in [0.25, 0.3) is 21.6 Å². The van der Waals surface area contributed by atoms with E-state index in [4.69, 9.17) is 0 Å². The lowest BCUT2D eigenvalue weighted by Crippen LogP contribution is -2.14. The monoisotopic (exact) mass is 412 g/mol. The van der Waals surface area contributed by atoms with Gasteiger partial charge in [-0.1, -0.05) is 6.07 Å². The smallest absolute Gasteiger partial charge is 0.273 e. The minimum absolute atomic E-state index is 0.00493. The SMILES string of the molecule is Cc1ccc(C(=O)Nc2ccc(S(=O)(=O)Nc3cccnc3)cc2)cc1[N+](=O)[O-]. The molecule has 0 bridgehead atoms. The van der Waals surface area contributed by atoms with Gasteiger partial charge in [-0.3, -0.25) is 24.6 Å². The summed E-state index contributed by atoms with van der Waals surface area (Å²) >= 11 is 0. The van der Waals surface area contributed by atoms with Crippen molar-refractivity contribution in [1.29, 1.82) is 0 Å². The molecule has 0 saturated carbocycles. The number of hydrogen-bond donors (Lipinski definition) is 2. The summed E-state index contributed by atoms with van der Waals surface area (Å²) < 4.78 is 27.2. The van der Waals surface area contributed by atoms with Crippen LogP contribution in [0.3, 0.4) is 0 Å². The van der Waals surface area contributed by atoms with E-state index in [0.29, 0.717) is 16.9 Å². The van der Waals surface area contributed by atoms with Gasteiger partial charge in [-0.25, -0.2) is 8.42 Å². The Bertz CT molecular complexity index is 1160. The maximum absolute atomic E-state index is 12.4. The summed E-state index contributed by atoms with van der Waals surface area (Å²) in [6.07, 6.45) is 2.91. The first-order valence-electron chi connectivity index (χ1n) is 8.35. The molecule has 1 aromatic heterocycles. The predicted octanol–water partition coefficient (Wildman–Crippen LogP) is 3.35. The van der Waals surface area contributed by atoms with Gasteiger partial charge in [0, 0.05) is 29.1 Å². The molecule has 148 valence electrons. The van der Waals surface area contributed by atoms with Crippen molar-refractivity contribution < 1.29 is 18.1 Å². The van der Waals surface area contributed by atoms with Gasteiger partial charge in [-0.2, -0.15) is 0 Å². The van der Waals surface area contributed by atoms with Crippen LogP contribution >= 0.6 is 0 Å².